The molecule has 1 N–H and O–H groups in total. The lowest BCUT2D eigenvalue weighted by molar-refractivity contribution is -0.143. The number of fused-ring (bicyclic) bond motifs is 1. The molecule has 0 unspecified atom stereocenters. The summed E-state index contributed by atoms with van der Waals surface area (Å²) in [7, 11) is 0. The van der Waals surface area contributed by atoms with E-state index >= 15 is 0 Å². The quantitative estimate of drug-likeness (QED) is 0.657. The number of imide groups is 1. The molecule has 2 rings (SSSR count). The fraction of sp³-hybridized carbons (Fsp3) is 0.267. The molecule has 2 amide bonds. The molecule has 0 saturated heterocycles. The summed E-state index contributed by atoms with van der Waals surface area (Å²) >= 11 is 0. The third kappa shape index (κ3) is 2.11. The fourth-order valence-corrected chi connectivity index (χ4v) is 2.46. The Morgan fingerprint density at radius 3 is 2.20 bits per heavy atom. The second-order valence-electron chi connectivity index (χ2n) is 4.81. The lowest BCUT2D eigenvalue weighted by atomic mass is 9.97. The van der Waals surface area contributed by atoms with E-state index in [-0.39, 0.29) is 11.1 Å². The van der Waals surface area contributed by atoms with Crippen molar-refractivity contribution in [3.63, 3.8) is 0 Å². The first-order valence-corrected chi connectivity index (χ1v) is 6.29. The maximum atomic E-state index is 12.3. The lowest BCUT2D eigenvalue weighted by Gasteiger charge is -2.27. The minimum atomic E-state index is -1.19. The number of rotatable bonds is 5. The topological polar surface area (TPSA) is 74.7 Å². The summed E-state index contributed by atoms with van der Waals surface area (Å²) in [6.45, 7) is 5.25. The van der Waals surface area contributed by atoms with E-state index in [0.29, 0.717) is 6.42 Å². The highest BCUT2D eigenvalue weighted by atomic mass is 16.4. The van der Waals surface area contributed by atoms with E-state index in [9.17, 15) is 19.5 Å². The second-order valence-corrected chi connectivity index (χ2v) is 4.81. The van der Waals surface area contributed by atoms with Crippen molar-refractivity contribution in [2.24, 2.45) is 5.92 Å². The van der Waals surface area contributed by atoms with Crippen LogP contribution in [0.4, 0.5) is 0 Å². The Balaban J connectivity index is 2.42. The molecule has 0 aromatic heterocycles. The molecule has 1 aromatic carbocycles. The summed E-state index contributed by atoms with van der Waals surface area (Å²) in [5.74, 6) is -2.68. The highest BCUT2D eigenvalue weighted by Crippen LogP contribution is 2.28. The number of benzene rings is 1. The number of nitrogens with zero attached hydrogens (tertiary/aromatic N) is 1. The lowest BCUT2D eigenvalue weighted by Crippen LogP contribution is -2.48. The van der Waals surface area contributed by atoms with Crippen LogP contribution in [-0.2, 0) is 4.79 Å². The largest absolute Gasteiger partial charge is 0.480 e. The van der Waals surface area contributed by atoms with E-state index in [2.05, 4.69) is 6.58 Å². The van der Waals surface area contributed by atoms with Crippen LogP contribution >= 0.6 is 0 Å². The van der Waals surface area contributed by atoms with Gasteiger partial charge in [-0.05, 0) is 24.5 Å². The summed E-state index contributed by atoms with van der Waals surface area (Å²) in [4.78, 5) is 36.9. The van der Waals surface area contributed by atoms with Crippen LogP contribution in [0.2, 0.25) is 0 Å². The Bertz CT molecular complexity index is 558. The van der Waals surface area contributed by atoms with Gasteiger partial charge in [-0.1, -0.05) is 25.1 Å². The molecule has 5 nitrogen and oxygen atoms in total. The Morgan fingerprint density at radius 2 is 1.80 bits per heavy atom. The molecule has 1 aliphatic heterocycles. The van der Waals surface area contributed by atoms with Crippen LogP contribution in [0.5, 0.6) is 0 Å². The molecule has 0 bridgehead atoms. The van der Waals surface area contributed by atoms with Gasteiger partial charge >= 0.3 is 5.97 Å². The number of hydrogen-bond acceptors (Lipinski definition) is 3. The second kappa shape index (κ2) is 5.28. The minimum Gasteiger partial charge on any atom is -0.480 e. The summed E-state index contributed by atoms with van der Waals surface area (Å²) in [5.41, 5.74) is 0.518. The summed E-state index contributed by atoms with van der Waals surface area (Å²) < 4.78 is 0. The zero-order valence-electron chi connectivity index (χ0n) is 11.1. The van der Waals surface area contributed by atoms with Gasteiger partial charge in [0.05, 0.1) is 11.1 Å². The molecular formula is C15H15NO4. The third-order valence-corrected chi connectivity index (χ3v) is 3.43. The monoisotopic (exact) mass is 273 g/mol. The highest BCUT2D eigenvalue weighted by Gasteiger charge is 2.44. The first kappa shape index (κ1) is 14.0. The van der Waals surface area contributed by atoms with Gasteiger partial charge in [0.2, 0.25) is 0 Å². The van der Waals surface area contributed by atoms with Gasteiger partial charge < -0.3 is 5.11 Å². The average Bonchev–Trinajstić information content (AvgIpc) is 2.65. The van der Waals surface area contributed by atoms with Crippen molar-refractivity contribution in [1.29, 1.82) is 0 Å². The smallest absolute Gasteiger partial charge is 0.327 e. The molecule has 0 spiro atoms. The van der Waals surface area contributed by atoms with Gasteiger partial charge in [-0.2, -0.15) is 0 Å². The number of carbonyl (C=O) groups is 3. The van der Waals surface area contributed by atoms with Crippen LogP contribution in [0.15, 0.2) is 36.9 Å². The van der Waals surface area contributed by atoms with Crippen LogP contribution in [-0.4, -0.2) is 33.8 Å². The Hall–Kier alpha value is -2.43. The van der Waals surface area contributed by atoms with Crippen LogP contribution in [0.3, 0.4) is 0 Å². The van der Waals surface area contributed by atoms with E-state index in [4.69, 9.17) is 0 Å². The molecule has 1 aliphatic rings. The van der Waals surface area contributed by atoms with Crippen molar-refractivity contribution < 1.29 is 19.5 Å². The van der Waals surface area contributed by atoms with Gasteiger partial charge in [-0.3, -0.25) is 14.5 Å². The molecule has 0 fully saturated rings. The molecular weight excluding hydrogens is 258 g/mol. The number of hydrogen-bond donors (Lipinski definition) is 1. The summed E-state index contributed by atoms with van der Waals surface area (Å²) in [6.07, 6.45) is 1.99. The number of amides is 2. The van der Waals surface area contributed by atoms with Crippen molar-refractivity contribution in [1.82, 2.24) is 4.90 Å². The van der Waals surface area contributed by atoms with Gasteiger partial charge in [-0.15, -0.1) is 6.58 Å². The molecule has 20 heavy (non-hydrogen) atoms. The molecule has 1 aromatic rings. The standard InChI is InChI=1S/C15H15NO4/c1-3-6-9(2)12(15(19)20)16-13(17)10-7-4-5-8-11(10)14(16)18/h3-5,7-9,12H,1,6H2,2H3,(H,19,20)/t9-,12+/m0/s1. The zero-order valence-corrected chi connectivity index (χ0v) is 11.1. The Labute approximate surface area is 116 Å². The van der Waals surface area contributed by atoms with E-state index in [1.54, 1.807) is 25.1 Å². The van der Waals surface area contributed by atoms with Crippen LogP contribution < -0.4 is 0 Å². The first-order chi connectivity index (χ1) is 9.49. The third-order valence-electron chi connectivity index (χ3n) is 3.43. The molecule has 2 atom stereocenters. The van der Waals surface area contributed by atoms with Crippen molar-refractivity contribution in [2.45, 2.75) is 19.4 Å². The van der Waals surface area contributed by atoms with Gasteiger partial charge in [0.15, 0.2) is 0 Å². The fourth-order valence-electron chi connectivity index (χ4n) is 2.46. The van der Waals surface area contributed by atoms with Crippen molar-refractivity contribution >= 4 is 17.8 Å². The first-order valence-electron chi connectivity index (χ1n) is 6.29. The molecule has 0 radical (unpaired) electrons. The molecule has 104 valence electrons. The Kier molecular flexibility index (Phi) is 3.70. The normalized spacial score (nSPS) is 16.8. The maximum absolute atomic E-state index is 12.3. The van der Waals surface area contributed by atoms with Gasteiger partial charge in [0.25, 0.3) is 11.8 Å². The van der Waals surface area contributed by atoms with Crippen LogP contribution in [0.1, 0.15) is 34.1 Å². The summed E-state index contributed by atoms with van der Waals surface area (Å²) in [5, 5.41) is 9.36. The SMILES string of the molecule is C=CC[C@H](C)[C@H](C(=O)O)N1C(=O)c2ccccc2C1=O. The average molecular weight is 273 g/mol. The van der Waals surface area contributed by atoms with E-state index in [1.165, 1.54) is 12.1 Å². The number of carboxylic acid groups (broad SMARTS) is 1. The predicted molar refractivity (Wildman–Crippen MR) is 72.3 cm³/mol. The number of aliphatic carboxylic acids is 1. The highest BCUT2D eigenvalue weighted by molar-refractivity contribution is 6.22. The van der Waals surface area contributed by atoms with Crippen molar-refractivity contribution in [3.05, 3.63) is 48.0 Å². The minimum absolute atomic E-state index is 0.259. The number of allylic oxidation sites excluding steroid dienone is 1. The molecule has 5 heteroatoms. The van der Waals surface area contributed by atoms with Crippen molar-refractivity contribution in [2.75, 3.05) is 0 Å². The maximum Gasteiger partial charge on any atom is 0.327 e. The van der Waals surface area contributed by atoms with Gasteiger partial charge in [0.1, 0.15) is 6.04 Å². The summed E-state index contributed by atoms with van der Waals surface area (Å²) in [6, 6.07) is 5.19. The van der Waals surface area contributed by atoms with Crippen LogP contribution in [0, 0.1) is 5.92 Å². The van der Waals surface area contributed by atoms with Crippen LogP contribution in [0.25, 0.3) is 0 Å². The van der Waals surface area contributed by atoms with E-state index < -0.39 is 29.7 Å². The Morgan fingerprint density at radius 1 is 1.30 bits per heavy atom. The molecule has 1 heterocycles. The molecule has 0 aliphatic carbocycles. The van der Waals surface area contributed by atoms with Crippen molar-refractivity contribution in [3.8, 4) is 0 Å². The predicted octanol–water partition coefficient (Wildman–Crippen LogP) is 1.95. The van der Waals surface area contributed by atoms with E-state index in [1.807, 2.05) is 0 Å². The van der Waals surface area contributed by atoms with Gasteiger partial charge in [-0.25, -0.2) is 4.79 Å². The zero-order chi connectivity index (χ0) is 14.9. The van der Waals surface area contributed by atoms with Gasteiger partial charge in [0, 0.05) is 0 Å². The number of carbonyl (C=O) groups excluding carboxylic acids is 2. The molecule has 0 saturated carbocycles. The van der Waals surface area contributed by atoms with E-state index in [0.717, 1.165) is 4.90 Å². The number of carboxylic acids is 1.